The second kappa shape index (κ2) is 10.8. The number of nitrogens with zero attached hydrogens (tertiary/aromatic N) is 3. The molecule has 2 heterocycles. The fraction of sp³-hybridized carbons (Fsp3) is 0.214. The first-order valence-corrected chi connectivity index (χ1v) is 12.2. The monoisotopic (exact) mass is 500 g/mol. The van der Waals surface area contributed by atoms with Crippen LogP contribution in [-0.2, 0) is 11.3 Å². The zero-order valence-electron chi connectivity index (χ0n) is 19.6. The number of para-hydroxylation sites is 1. The number of amides is 1. The molecule has 1 aliphatic rings. The first kappa shape index (κ1) is 23.9. The van der Waals surface area contributed by atoms with Crippen LogP contribution >= 0.6 is 11.6 Å². The quantitative estimate of drug-likeness (QED) is 0.338. The average Bonchev–Trinajstić information content (AvgIpc) is 3.38. The van der Waals surface area contributed by atoms with E-state index in [0.717, 1.165) is 24.9 Å². The van der Waals surface area contributed by atoms with Crippen molar-refractivity contribution in [3.05, 3.63) is 101 Å². The Hall–Kier alpha value is -3.81. The van der Waals surface area contributed by atoms with E-state index in [4.69, 9.17) is 16.1 Å². The molecule has 3 aromatic carbocycles. The van der Waals surface area contributed by atoms with Gasteiger partial charge in [-0.05, 0) is 43.7 Å². The van der Waals surface area contributed by atoms with Gasteiger partial charge in [-0.3, -0.25) is 14.5 Å². The van der Waals surface area contributed by atoms with E-state index in [1.165, 1.54) is 0 Å². The summed E-state index contributed by atoms with van der Waals surface area (Å²) in [4.78, 5) is 32.8. The van der Waals surface area contributed by atoms with Gasteiger partial charge in [0.25, 0.3) is 0 Å². The maximum absolute atomic E-state index is 13.2. The molecule has 1 unspecified atom stereocenters. The molecule has 7 nitrogen and oxygen atoms in total. The van der Waals surface area contributed by atoms with Crippen molar-refractivity contribution in [1.29, 1.82) is 0 Å². The Morgan fingerprint density at radius 1 is 1.03 bits per heavy atom. The lowest BCUT2D eigenvalue weighted by Gasteiger charge is -2.31. The van der Waals surface area contributed by atoms with E-state index in [-0.39, 0.29) is 17.6 Å². The Bertz CT molecular complexity index is 1370. The second-order valence-corrected chi connectivity index (χ2v) is 9.26. The van der Waals surface area contributed by atoms with E-state index in [1.54, 1.807) is 42.5 Å². The van der Waals surface area contributed by atoms with Gasteiger partial charge in [-0.2, -0.15) is 4.98 Å². The lowest BCUT2D eigenvalue weighted by molar-refractivity contribution is -0.121. The number of carbonyl (C=O) groups excluding carboxylic acids is 2. The van der Waals surface area contributed by atoms with Gasteiger partial charge < -0.3 is 9.84 Å². The van der Waals surface area contributed by atoms with Gasteiger partial charge >= 0.3 is 0 Å². The summed E-state index contributed by atoms with van der Waals surface area (Å²) < 4.78 is 5.45. The van der Waals surface area contributed by atoms with Crippen LogP contribution < -0.4 is 5.32 Å². The molecule has 1 fully saturated rings. The Morgan fingerprint density at radius 2 is 1.83 bits per heavy atom. The molecule has 5 rings (SSSR count). The van der Waals surface area contributed by atoms with Crippen molar-refractivity contribution in [2.24, 2.45) is 5.92 Å². The van der Waals surface area contributed by atoms with Gasteiger partial charge in [0.15, 0.2) is 5.78 Å². The zero-order valence-corrected chi connectivity index (χ0v) is 20.3. The van der Waals surface area contributed by atoms with Crippen molar-refractivity contribution >= 4 is 29.0 Å². The van der Waals surface area contributed by atoms with Crippen molar-refractivity contribution in [1.82, 2.24) is 15.0 Å². The standard InChI is InChI=1S/C28H25ClN4O3/c29-22-12-6-10-20(16-22)27-31-25(36-32-27)18-33-15-7-11-21(17-33)28(35)30-24-14-5-4-13-23(24)26(34)19-8-2-1-3-9-19/h1-6,8-10,12-14,16,21H,7,11,15,17-18H2,(H,30,35). The van der Waals surface area contributed by atoms with Crippen molar-refractivity contribution in [3.8, 4) is 11.4 Å². The fourth-order valence-electron chi connectivity index (χ4n) is 4.44. The van der Waals surface area contributed by atoms with Crippen LogP contribution in [0.25, 0.3) is 11.4 Å². The molecule has 1 saturated heterocycles. The molecule has 4 aromatic rings. The normalized spacial score (nSPS) is 16.0. The lowest BCUT2D eigenvalue weighted by Crippen LogP contribution is -2.40. The van der Waals surface area contributed by atoms with Crippen LogP contribution in [0, 0.1) is 5.92 Å². The van der Waals surface area contributed by atoms with Crippen LogP contribution in [0.2, 0.25) is 5.02 Å². The second-order valence-electron chi connectivity index (χ2n) is 8.83. The molecule has 1 atom stereocenters. The molecule has 0 bridgehead atoms. The molecule has 0 saturated carbocycles. The highest BCUT2D eigenvalue weighted by Crippen LogP contribution is 2.25. The fourth-order valence-corrected chi connectivity index (χ4v) is 4.63. The zero-order chi connectivity index (χ0) is 24.9. The number of hydrogen-bond acceptors (Lipinski definition) is 6. The lowest BCUT2D eigenvalue weighted by atomic mass is 9.96. The minimum atomic E-state index is -0.214. The van der Waals surface area contributed by atoms with Gasteiger partial charge in [0.2, 0.25) is 17.6 Å². The largest absolute Gasteiger partial charge is 0.338 e. The topological polar surface area (TPSA) is 88.3 Å². The summed E-state index contributed by atoms with van der Waals surface area (Å²) >= 11 is 6.07. The van der Waals surface area contributed by atoms with Crippen LogP contribution in [0.15, 0.2) is 83.4 Å². The number of rotatable bonds is 7. The maximum atomic E-state index is 13.2. The number of carbonyl (C=O) groups is 2. The molecule has 1 amide bonds. The highest BCUT2D eigenvalue weighted by Gasteiger charge is 2.28. The first-order chi connectivity index (χ1) is 17.6. The highest BCUT2D eigenvalue weighted by molar-refractivity contribution is 6.30. The molecule has 0 aliphatic carbocycles. The van der Waals surface area contributed by atoms with E-state index in [2.05, 4.69) is 20.4 Å². The summed E-state index contributed by atoms with van der Waals surface area (Å²) in [6, 6.07) is 23.5. The Morgan fingerprint density at radius 3 is 2.67 bits per heavy atom. The van der Waals surface area contributed by atoms with Gasteiger partial charge in [0.05, 0.1) is 18.2 Å². The minimum Gasteiger partial charge on any atom is -0.338 e. The molecule has 1 N–H and O–H groups in total. The summed E-state index contributed by atoms with van der Waals surface area (Å²) in [5, 5.41) is 7.67. The third kappa shape index (κ3) is 5.53. The number of aromatic nitrogens is 2. The van der Waals surface area contributed by atoms with Crippen molar-refractivity contribution in [2.45, 2.75) is 19.4 Å². The van der Waals surface area contributed by atoms with E-state index in [1.807, 2.05) is 36.4 Å². The smallest absolute Gasteiger partial charge is 0.241 e. The molecular weight excluding hydrogens is 476 g/mol. The summed E-state index contributed by atoms with van der Waals surface area (Å²) in [5.41, 5.74) is 2.37. The predicted molar refractivity (Wildman–Crippen MR) is 138 cm³/mol. The molecule has 36 heavy (non-hydrogen) atoms. The predicted octanol–water partition coefficient (Wildman–Crippen LogP) is 5.47. The van der Waals surface area contributed by atoms with Gasteiger partial charge in [0.1, 0.15) is 0 Å². The summed E-state index contributed by atoms with van der Waals surface area (Å²) in [6.07, 6.45) is 1.65. The number of piperidine rings is 1. The number of halogens is 1. The Kier molecular flexibility index (Phi) is 7.21. The van der Waals surface area contributed by atoms with E-state index in [9.17, 15) is 9.59 Å². The van der Waals surface area contributed by atoms with Gasteiger partial charge in [-0.1, -0.05) is 71.4 Å². The first-order valence-electron chi connectivity index (χ1n) is 11.9. The Labute approximate surface area is 214 Å². The third-order valence-electron chi connectivity index (χ3n) is 6.25. The van der Waals surface area contributed by atoms with Crippen LogP contribution in [0.4, 0.5) is 5.69 Å². The number of likely N-dealkylation sites (tertiary alicyclic amines) is 1. The van der Waals surface area contributed by atoms with Gasteiger partial charge in [-0.15, -0.1) is 0 Å². The molecule has 0 radical (unpaired) electrons. The van der Waals surface area contributed by atoms with E-state index in [0.29, 0.717) is 46.6 Å². The molecular formula is C28H25ClN4O3. The summed E-state index contributed by atoms with van der Waals surface area (Å²) in [7, 11) is 0. The summed E-state index contributed by atoms with van der Waals surface area (Å²) in [5.74, 6) is 0.541. The molecule has 8 heteroatoms. The number of nitrogens with one attached hydrogen (secondary N) is 1. The van der Waals surface area contributed by atoms with Crippen molar-refractivity contribution in [2.75, 3.05) is 18.4 Å². The minimum absolute atomic E-state index is 0.0989. The van der Waals surface area contributed by atoms with Crippen molar-refractivity contribution in [3.63, 3.8) is 0 Å². The number of ketones is 1. The third-order valence-corrected chi connectivity index (χ3v) is 6.49. The molecule has 1 aliphatic heterocycles. The number of hydrogen-bond donors (Lipinski definition) is 1. The van der Waals surface area contributed by atoms with E-state index < -0.39 is 0 Å². The van der Waals surface area contributed by atoms with Crippen molar-refractivity contribution < 1.29 is 14.1 Å². The summed E-state index contributed by atoms with van der Waals surface area (Å²) in [6.45, 7) is 1.86. The molecule has 0 spiro atoms. The van der Waals surface area contributed by atoms with Crippen LogP contribution in [0.3, 0.4) is 0 Å². The van der Waals surface area contributed by atoms with Crippen LogP contribution in [0.5, 0.6) is 0 Å². The highest BCUT2D eigenvalue weighted by atomic mass is 35.5. The van der Waals surface area contributed by atoms with E-state index >= 15 is 0 Å². The number of anilines is 1. The molecule has 182 valence electrons. The average molecular weight is 501 g/mol. The van der Waals surface area contributed by atoms with Crippen LogP contribution in [0.1, 0.15) is 34.7 Å². The van der Waals surface area contributed by atoms with Gasteiger partial charge in [0, 0.05) is 28.3 Å². The number of benzene rings is 3. The van der Waals surface area contributed by atoms with Gasteiger partial charge in [-0.25, -0.2) is 0 Å². The molecule has 1 aromatic heterocycles. The van der Waals surface area contributed by atoms with Crippen LogP contribution in [-0.4, -0.2) is 39.8 Å². The SMILES string of the molecule is O=C(c1ccccc1)c1ccccc1NC(=O)C1CCCN(Cc2nc(-c3cccc(Cl)c3)no2)C1. The maximum Gasteiger partial charge on any atom is 0.241 e. The Balaban J connectivity index is 1.24.